The minimum Gasteiger partial charge on any atom is -0.240 e. The standard InChI is InChI=1S/C14H10BrNS2/c15-10-5-3-4-9(8-10)13(17)14-16-11-6-1-2-7-12(11)18-14/h1-8,13,17H. The summed E-state index contributed by atoms with van der Waals surface area (Å²) < 4.78 is 2.28. The fourth-order valence-corrected chi connectivity index (χ4v) is 3.60. The van der Waals surface area contributed by atoms with Gasteiger partial charge in [0.2, 0.25) is 0 Å². The van der Waals surface area contributed by atoms with Crippen molar-refractivity contribution in [1.82, 2.24) is 4.98 Å². The first-order valence-corrected chi connectivity index (χ1v) is 7.65. The lowest BCUT2D eigenvalue weighted by molar-refractivity contribution is 1.13. The van der Waals surface area contributed by atoms with Crippen LogP contribution in [0.4, 0.5) is 0 Å². The van der Waals surface area contributed by atoms with E-state index in [1.54, 1.807) is 11.3 Å². The molecule has 0 saturated heterocycles. The zero-order valence-corrected chi connectivity index (χ0v) is 12.7. The predicted molar refractivity (Wildman–Crippen MR) is 84.6 cm³/mol. The third-order valence-corrected chi connectivity index (χ3v) is 5.02. The fraction of sp³-hybridized carbons (Fsp3) is 0.0714. The summed E-state index contributed by atoms with van der Waals surface area (Å²) in [6, 6.07) is 16.4. The molecule has 2 aromatic carbocycles. The highest BCUT2D eigenvalue weighted by Gasteiger charge is 2.14. The van der Waals surface area contributed by atoms with E-state index in [0.717, 1.165) is 20.6 Å². The molecule has 0 aliphatic carbocycles. The van der Waals surface area contributed by atoms with E-state index in [1.807, 2.05) is 30.3 Å². The Labute approximate surface area is 123 Å². The zero-order chi connectivity index (χ0) is 12.5. The van der Waals surface area contributed by atoms with Crippen molar-refractivity contribution in [2.45, 2.75) is 5.25 Å². The third kappa shape index (κ3) is 2.32. The van der Waals surface area contributed by atoms with Crippen molar-refractivity contribution >= 4 is 50.1 Å². The molecule has 3 rings (SSSR count). The highest BCUT2D eigenvalue weighted by Crippen LogP contribution is 2.34. The number of rotatable bonds is 2. The highest BCUT2D eigenvalue weighted by atomic mass is 79.9. The summed E-state index contributed by atoms with van der Waals surface area (Å²) >= 11 is 9.88. The maximum absolute atomic E-state index is 4.69. The van der Waals surface area contributed by atoms with Gasteiger partial charge in [0.1, 0.15) is 5.01 Å². The van der Waals surface area contributed by atoms with Gasteiger partial charge in [0, 0.05) is 4.47 Å². The van der Waals surface area contributed by atoms with E-state index in [2.05, 4.69) is 39.1 Å². The van der Waals surface area contributed by atoms with Gasteiger partial charge in [-0.2, -0.15) is 12.6 Å². The number of fused-ring (bicyclic) bond motifs is 1. The van der Waals surface area contributed by atoms with Crippen LogP contribution in [0.5, 0.6) is 0 Å². The van der Waals surface area contributed by atoms with Gasteiger partial charge in [-0.3, -0.25) is 0 Å². The molecular weight excluding hydrogens is 326 g/mol. The largest absolute Gasteiger partial charge is 0.240 e. The SMILES string of the molecule is SC(c1cccc(Br)c1)c1nc2ccccc2s1. The van der Waals surface area contributed by atoms with Crippen LogP contribution in [0.1, 0.15) is 15.8 Å². The zero-order valence-electron chi connectivity index (χ0n) is 9.38. The van der Waals surface area contributed by atoms with E-state index in [0.29, 0.717) is 0 Å². The van der Waals surface area contributed by atoms with E-state index < -0.39 is 0 Å². The molecule has 0 bridgehead atoms. The van der Waals surface area contributed by atoms with Crippen LogP contribution in [0, 0.1) is 0 Å². The molecular formula is C14H10BrNS2. The number of hydrogen-bond acceptors (Lipinski definition) is 3. The van der Waals surface area contributed by atoms with Gasteiger partial charge in [0.05, 0.1) is 15.5 Å². The molecule has 3 aromatic rings. The first kappa shape index (κ1) is 12.2. The maximum Gasteiger partial charge on any atom is 0.111 e. The van der Waals surface area contributed by atoms with Crippen LogP contribution in [0.2, 0.25) is 0 Å². The molecule has 0 spiro atoms. The summed E-state index contributed by atoms with van der Waals surface area (Å²) in [6.45, 7) is 0. The Balaban J connectivity index is 2.03. The van der Waals surface area contributed by atoms with Crippen molar-refractivity contribution in [3.63, 3.8) is 0 Å². The topological polar surface area (TPSA) is 12.9 Å². The van der Waals surface area contributed by atoms with Crippen LogP contribution in [0.15, 0.2) is 53.0 Å². The third-order valence-electron chi connectivity index (χ3n) is 2.71. The molecule has 4 heteroatoms. The number of para-hydroxylation sites is 1. The van der Waals surface area contributed by atoms with Gasteiger partial charge in [-0.15, -0.1) is 11.3 Å². The Hall–Kier alpha value is -0.840. The number of thiazole rings is 1. The van der Waals surface area contributed by atoms with Crippen LogP contribution in [0.3, 0.4) is 0 Å². The van der Waals surface area contributed by atoms with Crippen molar-refractivity contribution in [2.75, 3.05) is 0 Å². The summed E-state index contributed by atoms with van der Waals surface area (Å²) in [5.41, 5.74) is 2.21. The molecule has 0 amide bonds. The first-order chi connectivity index (χ1) is 8.74. The number of hydrogen-bond donors (Lipinski definition) is 1. The molecule has 0 aliphatic heterocycles. The van der Waals surface area contributed by atoms with E-state index in [-0.39, 0.29) is 5.25 Å². The molecule has 18 heavy (non-hydrogen) atoms. The number of halogens is 1. The van der Waals surface area contributed by atoms with E-state index >= 15 is 0 Å². The van der Waals surface area contributed by atoms with Gasteiger partial charge >= 0.3 is 0 Å². The van der Waals surface area contributed by atoms with Crippen molar-refractivity contribution in [3.8, 4) is 0 Å². The molecule has 1 aromatic heterocycles. The molecule has 0 saturated carbocycles. The van der Waals surface area contributed by atoms with Crippen LogP contribution in [0.25, 0.3) is 10.2 Å². The smallest absolute Gasteiger partial charge is 0.111 e. The number of thiol groups is 1. The second-order valence-corrected chi connectivity index (χ2v) is 6.47. The molecule has 1 unspecified atom stereocenters. The van der Waals surface area contributed by atoms with Crippen molar-refractivity contribution in [1.29, 1.82) is 0 Å². The Morgan fingerprint density at radius 2 is 1.94 bits per heavy atom. The second kappa shape index (κ2) is 5.03. The summed E-state index contributed by atoms with van der Waals surface area (Å²) in [5.74, 6) is 0. The van der Waals surface area contributed by atoms with E-state index in [1.165, 1.54) is 4.70 Å². The maximum atomic E-state index is 4.69. The monoisotopic (exact) mass is 335 g/mol. The van der Waals surface area contributed by atoms with Crippen molar-refractivity contribution in [2.24, 2.45) is 0 Å². The average Bonchev–Trinajstić information content (AvgIpc) is 2.81. The van der Waals surface area contributed by atoms with Crippen molar-refractivity contribution in [3.05, 3.63) is 63.6 Å². The van der Waals surface area contributed by atoms with Gasteiger partial charge in [-0.1, -0.05) is 40.2 Å². The van der Waals surface area contributed by atoms with Crippen LogP contribution >= 0.6 is 39.9 Å². The minimum atomic E-state index is 0.0277. The number of nitrogens with zero attached hydrogens (tertiary/aromatic N) is 1. The van der Waals surface area contributed by atoms with E-state index in [4.69, 9.17) is 12.6 Å². The Kier molecular flexibility index (Phi) is 3.41. The van der Waals surface area contributed by atoms with Gasteiger partial charge in [-0.05, 0) is 29.8 Å². The molecule has 1 atom stereocenters. The lowest BCUT2D eigenvalue weighted by atomic mass is 10.1. The summed E-state index contributed by atoms with van der Waals surface area (Å²) in [5, 5.41) is 1.07. The Morgan fingerprint density at radius 3 is 2.72 bits per heavy atom. The Morgan fingerprint density at radius 1 is 1.11 bits per heavy atom. The van der Waals surface area contributed by atoms with E-state index in [9.17, 15) is 0 Å². The molecule has 90 valence electrons. The van der Waals surface area contributed by atoms with Gasteiger partial charge in [0.25, 0.3) is 0 Å². The molecule has 0 aliphatic rings. The number of benzene rings is 2. The second-order valence-electron chi connectivity index (χ2n) is 3.98. The van der Waals surface area contributed by atoms with Gasteiger partial charge in [-0.25, -0.2) is 4.98 Å². The lowest BCUT2D eigenvalue weighted by Gasteiger charge is -2.07. The summed E-state index contributed by atoms with van der Waals surface area (Å²) in [7, 11) is 0. The van der Waals surface area contributed by atoms with Gasteiger partial charge < -0.3 is 0 Å². The normalized spacial score (nSPS) is 12.8. The fourth-order valence-electron chi connectivity index (χ4n) is 1.83. The quantitative estimate of drug-likeness (QED) is 0.644. The Bertz CT molecular complexity index is 660. The molecule has 1 heterocycles. The van der Waals surface area contributed by atoms with Crippen LogP contribution in [-0.2, 0) is 0 Å². The highest BCUT2D eigenvalue weighted by molar-refractivity contribution is 9.10. The van der Waals surface area contributed by atoms with Crippen molar-refractivity contribution < 1.29 is 0 Å². The molecule has 0 N–H and O–H groups in total. The van der Waals surface area contributed by atoms with Gasteiger partial charge in [0.15, 0.2) is 0 Å². The molecule has 0 fully saturated rings. The average molecular weight is 336 g/mol. The lowest BCUT2D eigenvalue weighted by Crippen LogP contribution is -1.91. The van der Waals surface area contributed by atoms with Crippen LogP contribution in [-0.4, -0.2) is 4.98 Å². The molecule has 0 radical (unpaired) electrons. The summed E-state index contributed by atoms with van der Waals surface area (Å²) in [4.78, 5) is 4.65. The molecule has 1 nitrogen and oxygen atoms in total. The predicted octanol–water partition coefficient (Wildman–Crippen LogP) is 5.08. The van der Waals surface area contributed by atoms with Crippen LogP contribution < -0.4 is 0 Å². The first-order valence-electron chi connectivity index (χ1n) is 5.53. The number of aromatic nitrogens is 1. The minimum absolute atomic E-state index is 0.0277. The summed E-state index contributed by atoms with van der Waals surface area (Å²) in [6.07, 6.45) is 0.